The van der Waals surface area contributed by atoms with Crippen molar-refractivity contribution in [1.29, 1.82) is 5.26 Å². The van der Waals surface area contributed by atoms with Crippen LogP contribution in [-0.2, 0) is 9.53 Å². The predicted molar refractivity (Wildman–Crippen MR) is 128 cm³/mol. The molecule has 0 radical (unpaired) electrons. The first-order chi connectivity index (χ1) is 16.9. The lowest BCUT2D eigenvalue weighted by molar-refractivity contribution is -0.161. The molecule has 3 aliphatic rings. The number of rotatable bonds is 6. The molecule has 0 saturated carbocycles. The zero-order chi connectivity index (χ0) is 26.1. The number of alkyl halides is 3. The van der Waals surface area contributed by atoms with E-state index >= 15 is 0 Å². The van der Waals surface area contributed by atoms with Crippen LogP contribution >= 0.6 is 0 Å². The molecule has 0 aromatic heterocycles. The zero-order valence-corrected chi connectivity index (χ0v) is 20.9. The number of benzene rings is 1. The Morgan fingerprint density at radius 1 is 1.28 bits per heavy atom. The van der Waals surface area contributed by atoms with E-state index in [1.54, 1.807) is 32.9 Å². The Labute approximate surface area is 209 Å². The van der Waals surface area contributed by atoms with Gasteiger partial charge in [0.25, 0.3) is 0 Å². The van der Waals surface area contributed by atoms with Gasteiger partial charge in [0.15, 0.2) is 0 Å². The van der Waals surface area contributed by atoms with Crippen LogP contribution in [0.5, 0.6) is 0 Å². The monoisotopic (exact) mass is 508 g/mol. The normalized spacial score (nSPS) is 30.2. The third kappa shape index (κ3) is 5.62. The number of piperidine rings is 1. The molecule has 4 unspecified atom stereocenters. The minimum atomic E-state index is -4.44. The summed E-state index contributed by atoms with van der Waals surface area (Å²) >= 11 is 0. The highest BCUT2D eigenvalue weighted by atomic mass is 19.4. The van der Waals surface area contributed by atoms with Gasteiger partial charge in [-0.15, -0.1) is 0 Å². The molecule has 3 fully saturated rings. The molecule has 3 aliphatic heterocycles. The lowest BCUT2D eigenvalue weighted by atomic mass is 9.84. The molecular weight excluding hydrogens is 473 g/mol. The largest absolute Gasteiger partial charge is 0.407 e. The summed E-state index contributed by atoms with van der Waals surface area (Å²) in [6.45, 7) is 6.68. The van der Waals surface area contributed by atoms with Crippen LogP contribution in [0.3, 0.4) is 0 Å². The van der Waals surface area contributed by atoms with E-state index in [1.807, 2.05) is 0 Å². The highest BCUT2D eigenvalue weighted by Crippen LogP contribution is 2.39. The van der Waals surface area contributed by atoms with E-state index in [-0.39, 0.29) is 23.9 Å². The highest BCUT2D eigenvalue weighted by Gasteiger charge is 2.54. The van der Waals surface area contributed by atoms with Gasteiger partial charge in [0.2, 0.25) is 5.91 Å². The molecule has 3 saturated heterocycles. The summed E-state index contributed by atoms with van der Waals surface area (Å²) in [6.07, 6.45) is -2.33. The van der Waals surface area contributed by atoms with Gasteiger partial charge < -0.3 is 15.4 Å². The molecule has 1 aromatic rings. The van der Waals surface area contributed by atoms with Gasteiger partial charge in [0.1, 0.15) is 12.2 Å². The first-order valence-corrected chi connectivity index (χ1v) is 12.4. The minimum absolute atomic E-state index is 0.0919. The van der Waals surface area contributed by atoms with Crippen molar-refractivity contribution in [3.8, 4) is 6.07 Å². The molecular formula is C25H35F3N6O2. The van der Waals surface area contributed by atoms with E-state index < -0.39 is 35.4 Å². The maximum atomic E-state index is 13.7. The first kappa shape index (κ1) is 26.7. The molecule has 11 heteroatoms. The third-order valence-corrected chi connectivity index (χ3v) is 7.12. The van der Waals surface area contributed by atoms with Crippen molar-refractivity contribution in [2.24, 2.45) is 5.92 Å². The van der Waals surface area contributed by atoms with Crippen molar-refractivity contribution in [3.05, 3.63) is 29.8 Å². The predicted octanol–water partition coefficient (Wildman–Crippen LogP) is 3.20. The Kier molecular flexibility index (Phi) is 7.53. The summed E-state index contributed by atoms with van der Waals surface area (Å²) in [5.74, 6) is -0.521. The maximum Gasteiger partial charge on any atom is 0.407 e. The Morgan fingerprint density at radius 2 is 2.00 bits per heavy atom. The molecule has 0 bridgehead atoms. The van der Waals surface area contributed by atoms with Gasteiger partial charge in [-0.3, -0.25) is 10.1 Å². The average Bonchev–Trinajstić information content (AvgIpc) is 3.18. The fourth-order valence-electron chi connectivity index (χ4n) is 5.55. The molecule has 36 heavy (non-hydrogen) atoms. The number of carbonyl (C=O) groups excluding carboxylic acids is 1. The first-order valence-electron chi connectivity index (χ1n) is 12.4. The molecule has 198 valence electrons. The number of anilines is 1. The number of hydrazine groups is 1. The Morgan fingerprint density at radius 3 is 2.58 bits per heavy atom. The summed E-state index contributed by atoms with van der Waals surface area (Å²) in [4.78, 5) is 12.9. The quantitative estimate of drug-likeness (QED) is 0.468. The fraction of sp³-hybridized carbons (Fsp3) is 0.680. The van der Waals surface area contributed by atoms with Gasteiger partial charge >= 0.3 is 6.18 Å². The van der Waals surface area contributed by atoms with Gasteiger partial charge in [0.05, 0.1) is 30.6 Å². The van der Waals surface area contributed by atoms with Crippen molar-refractivity contribution >= 4 is 11.6 Å². The highest BCUT2D eigenvalue weighted by molar-refractivity contribution is 5.82. The van der Waals surface area contributed by atoms with E-state index in [9.17, 15) is 23.2 Å². The van der Waals surface area contributed by atoms with Gasteiger partial charge in [-0.2, -0.15) is 18.4 Å². The molecule has 1 amide bonds. The number of amides is 1. The average molecular weight is 509 g/mol. The summed E-state index contributed by atoms with van der Waals surface area (Å²) < 4.78 is 47.0. The molecule has 4 rings (SSSR count). The number of carbonyl (C=O) groups is 1. The standard InChI is InChI=1S/C25H35F3N6O2/c1-23(2,3)32-20(25(26,27)28)16-5-7-17(8-6-16)31-21-19-18(9-13-30-22(19)35)34(33-21)24(11-12-29)10-4-14-36-15-24/h5-8,18-21,31-33H,4,9-11,13-15H2,1-3H3,(H,30,35)/t18?,19?,20?,21?,24-/m0/s1. The van der Waals surface area contributed by atoms with Crippen LogP contribution in [-0.4, -0.2) is 60.1 Å². The van der Waals surface area contributed by atoms with Crippen LogP contribution in [0.25, 0.3) is 0 Å². The fourth-order valence-corrected chi connectivity index (χ4v) is 5.55. The zero-order valence-electron chi connectivity index (χ0n) is 20.9. The van der Waals surface area contributed by atoms with Gasteiger partial charge in [-0.05, 0) is 57.7 Å². The molecule has 0 spiro atoms. The van der Waals surface area contributed by atoms with Crippen molar-refractivity contribution in [3.63, 3.8) is 0 Å². The summed E-state index contributed by atoms with van der Waals surface area (Å²) in [5, 5.41) is 20.5. The van der Waals surface area contributed by atoms with Gasteiger partial charge in [0, 0.05) is 30.4 Å². The van der Waals surface area contributed by atoms with E-state index in [4.69, 9.17) is 4.74 Å². The number of nitrogens with one attached hydrogen (secondary N) is 4. The van der Waals surface area contributed by atoms with Crippen molar-refractivity contribution < 1.29 is 22.7 Å². The number of halogens is 3. The summed E-state index contributed by atoms with van der Waals surface area (Å²) in [6, 6.07) is 6.49. The van der Waals surface area contributed by atoms with Crippen molar-refractivity contribution in [1.82, 2.24) is 21.1 Å². The number of hydrogen-bond acceptors (Lipinski definition) is 7. The van der Waals surface area contributed by atoms with Gasteiger partial charge in [-0.1, -0.05) is 12.1 Å². The van der Waals surface area contributed by atoms with E-state index in [2.05, 4.69) is 32.5 Å². The van der Waals surface area contributed by atoms with Crippen LogP contribution in [0.1, 0.15) is 58.1 Å². The molecule has 8 nitrogen and oxygen atoms in total. The van der Waals surface area contributed by atoms with Crippen molar-refractivity contribution in [2.75, 3.05) is 25.1 Å². The van der Waals surface area contributed by atoms with Gasteiger partial charge in [-0.25, -0.2) is 10.4 Å². The van der Waals surface area contributed by atoms with E-state index in [0.29, 0.717) is 25.4 Å². The summed E-state index contributed by atoms with van der Waals surface area (Å²) in [5.41, 5.74) is 2.89. The maximum absolute atomic E-state index is 13.7. The van der Waals surface area contributed by atoms with Crippen LogP contribution < -0.4 is 21.4 Å². The number of fused-ring (bicyclic) bond motifs is 1. The molecule has 0 aliphatic carbocycles. The van der Waals surface area contributed by atoms with Crippen molar-refractivity contribution in [2.45, 2.75) is 82.0 Å². The van der Waals surface area contributed by atoms with Crippen LogP contribution in [0.15, 0.2) is 24.3 Å². The molecule has 5 atom stereocenters. The number of nitriles is 1. The second kappa shape index (κ2) is 10.2. The van der Waals surface area contributed by atoms with E-state index in [0.717, 1.165) is 19.3 Å². The molecule has 1 aromatic carbocycles. The molecule has 3 heterocycles. The second-order valence-corrected chi connectivity index (χ2v) is 11.0. The van der Waals surface area contributed by atoms with Crippen LogP contribution in [0.2, 0.25) is 0 Å². The molecule has 4 N–H and O–H groups in total. The Balaban J connectivity index is 1.56. The van der Waals surface area contributed by atoms with Crippen LogP contribution in [0, 0.1) is 17.2 Å². The lowest BCUT2D eigenvalue weighted by Crippen LogP contribution is -2.61. The number of hydrogen-bond donors (Lipinski definition) is 4. The van der Waals surface area contributed by atoms with E-state index in [1.165, 1.54) is 12.1 Å². The number of ether oxygens (including phenoxy) is 1. The van der Waals surface area contributed by atoms with Crippen LogP contribution in [0.4, 0.5) is 18.9 Å². The second-order valence-electron chi connectivity index (χ2n) is 11.0. The SMILES string of the molecule is CC(C)(C)NC(c1ccc(NC2NN([C@]3(CC#N)CCCOC3)C3CCNC(=O)C23)cc1)C(F)(F)F. The topological polar surface area (TPSA) is 101 Å². The minimum Gasteiger partial charge on any atom is -0.379 e. The third-order valence-electron chi connectivity index (χ3n) is 7.12. The lowest BCUT2D eigenvalue weighted by Gasteiger charge is -2.46. The number of nitrogens with zero attached hydrogens (tertiary/aromatic N) is 2. The Bertz CT molecular complexity index is 966. The smallest absolute Gasteiger partial charge is 0.379 e. The summed E-state index contributed by atoms with van der Waals surface area (Å²) in [7, 11) is 0. The Hall–Kier alpha value is -2.39.